The van der Waals surface area contributed by atoms with E-state index in [0.29, 0.717) is 0 Å². The van der Waals surface area contributed by atoms with Crippen LogP contribution in [-0.4, -0.2) is 42.9 Å². The summed E-state index contributed by atoms with van der Waals surface area (Å²) >= 11 is 19.3. The van der Waals surface area contributed by atoms with E-state index in [9.17, 15) is 0 Å². The van der Waals surface area contributed by atoms with Crippen LogP contribution < -0.4 is 0 Å². The van der Waals surface area contributed by atoms with Gasteiger partial charge in [-0.1, -0.05) is 437 Å². The average Bonchev–Trinajstić information content (AvgIpc) is 1.68. The zero-order chi connectivity index (χ0) is 98.5. The molecule has 12 fully saturated rings. The van der Waals surface area contributed by atoms with E-state index in [2.05, 4.69) is 187 Å². The molecule has 1 radical (unpaired) electrons. The largest absolute Gasteiger partial charge is 2.00 e. The molecule has 0 N–H and O–H groups in total. The van der Waals surface area contributed by atoms with Crippen molar-refractivity contribution in [2.24, 2.45) is 160 Å². The third-order valence-corrected chi connectivity index (χ3v) is 27.6. The molecule has 14 unspecified atom stereocenters. The summed E-state index contributed by atoms with van der Waals surface area (Å²) in [7, 11) is 29.1. The van der Waals surface area contributed by atoms with Crippen molar-refractivity contribution in [2.45, 2.75) is 484 Å². The minimum absolute atomic E-state index is 0. The predicted molar refractivity (Wildman–Crippen MR) is 640 cm³/mol. The van der Waals surface area contributed by atoms with E-state index in [-0.39, 0.29) is 168 Å². The molecular weight excluding hydrogens is 2110 g/mol. The quantitative estimate of drug-likeness (QED) is 0.179. The van der Waals surface area contributed by atoms with E-state index >= 15 is 0 Å². The van der Waals surface area contributed by atoms with E-state index in [4.69, 9.17) is 123 Å². The third-order valence-electron chi connectivity index (χ3n) is 27.6. The van der Waals surface area contributed by atoms with Gasteiger partial charge in [0.1, 0.15) is 0 Å². The molecule has 12 rings (SSSR count). The zero-order valence-corrected chi connectivity index (χ0v) is 116. The Hall–Kier alpha value is 6.08. The van der Waals surface area contributed by atoms with Crippen LogP contribution in [0.25, 0.3) is 0 Å². The Labute approximate surface area is 967 Å². The molecule has 14 atom stereocenters. The fourth-order valence-corrected chi connectivity index (χ4v) is 17.7. The zero-order valence-electron chi connectivity index (χ0n) is 99.8. The van der Waals surface area contributed by atoms with Gasteiger partial charge in [-0.25, -0.2) is 0 Å². The standard InChI is InChI=1S/2C10H20.2C9H18.3C8H16.2C5H10.3C4H8O.9C2H6.CCl4.2CH4.9CH3.8ClH.O.5V/c2*1-6-7(2)9(4)10(5)8(6)3;2*1-6-5-7(2)9(4)8(6)3;3*1-6-4-7(2)8(3)5-6;5*1-2-4-5-3-1;9*1-2;2-1(3,4)5;;;;;;;;;;;;;;;;;;;;;;;;;/h2*6-10H,1-5H3;2*6-9H,5H2,1-4H3;3*6-8H,4-5H2,1-3H3;2*1-5H2;3*1-4H2;9*1-2H3;;2*1H4;9*1H3;8*1H;;;;;;/q;;;;;;;;;;;;;;;;;;;;;;;;9*-1;;;;;;;;;;;4*+2/p-6. The second-order valence-corrected chi connectivity index (χ2v) is 45.5. The van der Waals surface area contributed by atoms with Gasteiger partial charge in [-0.3, -0.25) is 0 Å². The molecule has 855 valence electrons. The van der Waals surface area contributed by atoms with Crippen molar-refractivity contribution in [3.8, 4) is 0 Å². The molecule has 9 saturated carbocycles. The molecule has 0 bridgehead atoms. The van der Waals surface area contributed by atoms with Crippen LogP contribution in [0.4, 0.5) is 0 Å². The molecule has 9 aliphatic carbocycles. The van der Waals surface area contributed by atoms with Crippen LogP contribution in [0.1, 0.15) is 481 Å². The predicted octanol–water partition coefficient (Wildman–Crippen LogP) is 48.5. The van der Waals surface area contributed by atoms with Gasteiger partial charge in [0.25, 0.3) is 3.25 Å². The van der Waals surface area contributed by atoms with Gasteiger partial charge >= 0.3 is 142 Å². The van der Waals surface area contributed by atoms with E-state index in [1.54, 1.807) is 0 Å². The fourth-order valence-electron chi connectivity index (χ4n) is 17.7. The number of halogens is 12. The van der Waals surface area contributed by atoms with Crippen molar-refractivity contribution >= 4 is 130 Å². The first-order valence-electron chi connectivity index (χ1n) is 50.6. The van der Waals surface area contributed by atoms with E-state index in [1.165, 1.54) is 154 Å². The van der Waals surface area contributed by atoms with Crippen molar-refractivity contribution in [3.63, 3.8) is 0 Å². The summed E-state index contributed by atoms with van der Waals surface area (Å²) < 4.78 is 21.4. The molecule has 3 heterocycles. The molecule has 4 nitrogen and oxygen atoms in total. The van der Waals surface area contributed by atoms with E-state index in [1.807, 2.05) is 125 Å². The Morgan fingerprint density at radius 1 is 0.200 bits per heavy atom. The third kappa shape index (κ3) is 138. The van der Waals surface area contributed by atoms with Gasteiger partial charge in [0.05, 0.1) is 0 Å². The SMILES string of the molecule is C.C.C1CCCC1.C1CCCC1.C1CCOC1.C1CCOC1.C1CCOC1.CC.CC.CC.CC.CC.CC.CC.CC.CC.CC1C(C)C(C)C(C)C1C.CC1C(C)C(C)C(C)C1C.CC1CC(C)C(C)C1.CC1CC(C)C(C)C1.CC1CC(C)C(C)C1.CC1CC(C)C(C)C1C.CC1CC(C)C(C)C1C.Cl.Cl.ClC(Cl)(Cl)Cl.[CH3-].[CH3-].[CH3-].[CH3-].[CH3-].[CH3-].[CH3-].[CH3-].[CH3-].[Cl][V][Cl].[Cl][V][Cl].[Cl][V][Cl].[O]=[V].[V+2]. The Kier molecular flexibility index (Phi) is 261. The first-order valence-corrected chi connectivity index (χ1v) is 64.3. The van der Waals surface area contributed by atoms with Gasteiger partial charge in [-0.15, -0.1) is 24.8 Å². The number of hydrogen-bond acceptors (Lipinski definition) is 4. The van der Waals surface area contributed by atoms with Crippen LogP contribution in [0, 0.1) is 227 Å². The van der Waals surface area contributed by atoms with Crippen molar-refractivity contribution in [1.29, 1.82) is 0 Å². The summed E-state index contributed by atoms with van der Waals surface area (Å²) in [6, 6.07) is 0. The first kappa shape index (κ1) is 216. The smallest absolute Gasteiger partial charge is 2.00 e. The summed E-state index contributed by atoms with van der Waals surface area (Å²) in [5, 5.41) is 0. The molecule has 0 aromatic heterocycles. The second kappa shape index (κ2) is 163. The van der Waals surface area contributed by atoms with Gasteiger partial charge < -0.3 is 81.1 Å². The molecule has 0 aromatic carbocycles. The van der Waals surface area contributed by atoms with E-state index < -0.39 is 3.25 Å². The van der Waals surface area contributed by atoms with Gasteiger partial charge in [0, 0.05) is 39.6 Å². The fraction of sp³-hybridized carbons (Fsp3) is 0.921. The van der Waals surface area contributed by atoms with Crippen molar-refractivity contribution in [1.82, 2.24) is 0 Å². The monoisotopic (exact) mass is 2370 g/mol. The molecule has 0 aromatic rings. The molecule has 0 spiro atoms. The van der Waals surface area contributed by atoms with Gasteiger partial charge in [0.2, 0.25) is 0 Å². The molecular formula is C114H259Cl12O4V5-7. The van der Waals surface area contributed by atoms with Crippen molar-refractivity contribution < 1.29 is 96.9 Å². The maximum absolute atomic E-state index is 8.19. The van der Waals surface area contributed by atoms with Crippen LogP contribution in [0.15, 0.2) is 0 Å². The second-order valence-electron chi connectivity index (χ2n) is 35.1. The Balaban J connectivity index is -0.0000000344. The maximum Gasteiger partial charge on any atom is 2.00 e. The molecule has 135 heavy (non-hydrogen) atoms. The van der Waals surface area contributed by atoms with Crippen LogP contribution in [0.5, 0.6) is 0 Å². The van der Waals surface area contributed by atoms with Crippen LogP contribution >= 0.6 is 130 Å². The molecule has 0 amide bonds. The molecule has 3 aliphatic heterocycles. The molecule has 3 saturated heterocycles. The van der Waals surface area contributed by atoms with Crippen LogP contribution in [0.3, 0.4) is 0 Å². The summed E-state index contributed by atoms with van der Waals surface area (Å²) in [6.45, 7) is 106. The number of rotatable bonds is 0. The number of hydrogen-bond donors (Lipinski definition) is 0. The summed E-state index contributed by atoms with van der Waals surface area (Å²) in [5.74, 6) is 26.0. The first-order chi connectivity index (χ1) is 57.2. The summed E-state index contributed by atoms with van der Waals surface area (Å²) in [5.41, 5.74) is 0. The van der Waals surface area contributed by atoms with Gasteiger partial charge in [-0.05, 0) is 250 Å². The Morgan fingerprint density at radius 2 is 0.281 bits per heavy atom. The maximum atomic E-state index is 8.19. The van der Waals surface area contributed by atoms with Crippen molar-refractivity contribution in [3.05, 3.63) is 66.8 Å². The van der Waals surface area contributed by atoms with Crippen molar-refractivity contribution in [2.75, 3.05) is 39.6 Å². The minimum Gasteiger partial charge on any atom is 2.00 e. The van der Waals surface area contributed by atoms with Gasteiger partial charge in [0.15, 0.2) is 0 Å². The van der Waals surface area contributed by atoms with Gasteiger partial charge in [-0.2, -0.15) is 0 Å². The summed E-state index contributed by atoms with van der Waals surface area (Å²) in [6.07, 6.45) is 34.3. The van der Waals surface area contributed by atoms with E-state index in [0.717, 1.165) is 217 Å². The molecule has 21 heteroatoms. The van der Waals surface area contributed by atoms with Crippen LogP contribution in [0.2, 0.25) is 0 Å². The normalized spacial score (nSPS) is 29.2. The molecule has 12 aliphatic rings. The number of ether oxygens (including phenoxy) is 3. The summed E-state index contributed by atoms with van der Waals surface area (Å²) in [4.78, 5) is 0. The average molecular weight is 2370 g/mol. The Morgan fingerprint density at radius 3 is 0.319 bits per heavy atom. The Bertz CT molecular complexity index is 1450. The topological polar surface area (TPSA) is 44.8 Å². The van der Waals surface area contributed by atoms with Crippen LogP contribution in [-0.2, 0) is 96.9 Å². The number of alkyl halides is 4. The minimum atomic E-state index is -1.61.